The number of hydrogen-bond acceptors (Lipinski definition) is 5. The number of amides is 1. The third-order valence-electron chi connectivity index (χ3n) is 2.49. The topological polar surface area (TPSA) is 73.9 Å². The van der Waals surface area contributed by atoms with Gasteiger partial charge in [0.2, 0.25) is 0 Å². The molecule has 0 heterocycles. The number of nitrogens with one attached hydrogen (secondary N) is 1. The minimum absolute atomic E-state index is 0.268. The second-order valence-corrected chi connectivity index (χ2v) is 4.03. The molecule has 0 aliphatic heterocycles. The van der Waals surface area contributed by atoms with Crippen LogP contribution in [0.3, 0.4) is 0 Å². The molecule has 1 rings (SSSR count). The Balaban J connectivity index is 2.65. The predicted octanol–water partition coefficient (Wildman–Crippen LogP) is 1.39. The molecule has 1 aromatic carbocycles. The molecule has 20 heavy (non-hydrogen) atoms. The Morgan fingerprint density at radius 2 is 1.70 bits per heavy atom. The fraction of sp³-hybridized carbons (Fsp3) is 0.429. The van der Waals surface area contributed by atoms with E-state index in [0.29, 0.717) is 18.0 Å². The first-order valence-corrected chi connectivity index (χ1v) is 6.27. The van der Waals surface area contributed by atoms with Crippen molar-refractivity contribution in [1.29, 1.82) is 0 Å². The molecule has 0 radical (unpaired) electrons. The average Bonchev–Trinajstić information content (AvgIpc) is 2.49. The molecule has 0 spiro atoms. The molecule has 1 amide bonds. The summed E-state index contributed by atoms with van der Waals surface area (Å²) in [4.78, 5) is 23.2. The van der Waals surface area contributed by atoms with Gasteiger partial charge in [-0.3, -0.25) is 4.79 Å². The summed E-state index contributed by atoms with van der Waals surface area (Å²) in [6.07, 6.45) is 0.826. The van der Waals surface area contributed by atoms with Gasteiger partial charge in [0.25, 0.3) is 5.91 Å². The zero-order chi connectivity index (χ0) is 15.0. The quantitative estimate of drug-likeness (QED) is 0.764. The van der Waals surface area contributed by atoms with Crippen molar-refractivity contribution in [3.8, 4) is 11.5 Å². The predicted molar refractivity (Wildman–Crippen MR) is 73.1 cm³/mol. The molecule has 6 heteroatoms. The lowest BCUT2D eigenvalue weighted by Gasteiger charge is -2.09. The zero-order valence-electron chi connectivity index (χ0n) is 11.9. The van der Waals surface area contributed by atoms with Crippen molar-refractivity contribution in [3.63, 3.8) is 0 Å². The number of rotatable bonds is 7. The fourth-order valence-corrected chi connectivity index (χ4v) is 1.46. The zero-order valence-corrected chi connectivity index (χ0v) is 11.9. The Labute approximate surface area is 118 Å². The first kappa shape index (κ1) is 15.8. The SMILES string of the molecule is CCCNC(=O)COC(=O)c1cc(OC)cc(OC)c1. The van der Waals surface area contributed by atoms with Gasteiger partial charge in [0.05, 0.1) is 19.8 Å². The van der Waals surface area contributed by atoms with E-state index in [4.69, 9.17) is 14.2 Å². The minimum atomic E-state index is -0.603. The molecule has 0 unspecified atom stereocenters. The number of esters is 1. The van der Waals surface area contributed by atoms with E-state index in [0.717, 1.165) is 6.42 Å². The standard InChI is InChI=1S/C14H19NO5/c1-4-5-15-13(16)9-20-14(17)10-6-11(18-2)8-12(7-10)19-3/h6-8H,4-5,9H2,1-3H3,(H,15,16). The monoisotopic (exact) mass is 281 g/mol. The molecule has 0 aromatic heterocycles. The summed E-state index contributed by atoms with van der Waals surface area (Å²) in [6, 6.07) is 4.69. The first-order chi connectivity index (χ1) is 9.60. The van der Waals surface area contributed by atoms with Crippen LogP contribution in [0.4, 0.5) is 0 Å². The molecule has 1 aromatic rings. The highest BCUT2D eigenvalue weighted by atomic mass is 16.5. The third kappa shape index (κ3) is 4.79. The van der Waals surface area contributed by atoms with Gasteiger partial charge in [0, 0.05) is 12.6 Å². The Hall–Kier alpha value is -2.24. The van der Waals surface area contributed by atoms with E-state index in [1.54, 1.807) is 6.07 Å². The molecule has 0 bridgehead atoms. The summed E-state index contributed by atoms with van der Waals surface area (Å²) in [7, 11) is 2.98. The van der Waals surface area contributed by atoms with Crippen LogP contribution in [0.15, 0.2) is 18.2 Å². The van der Waals surface area contributed by atoms with Crippen LogP contribution in [-0.2, 0) is 9.53 Å². The Morgan fingerprint density at radius 3 is 2.20 bits per heavy atom. The van der Waals surface area contributed by atoms with Crippen molar-refractivity contribution in [3.05, 3.63) is 23.8 Å². The van der Waals surface area contributed by atoms with Gasteiger partial charge in [-0.2, -0.15) is 0 Å². The van der Waals surface area contributed by atoms with Crippen LogP contribution in [0.5, 0.6) is 11.5 Å². The largest absolute Gasteiger partial charge is 0.497 e. The lowest BCUT2D eigenvalue weighted by Crippen LogP contribution is -2.29. The van der Waals surface area contributed by atoms with E-state index in [-0.39, 0.29) is 18.1 Å². The average molecular weight is 281 g/mol. The summed E-state index contributed by atoms with van der Waals surface area (Å²) >= 11 is 0. The normalized spacial score (nSPS) is 9.75. The maximum absolute atomic E-state index is 11.8. The number of methoxy groups -OCH3 is 2. The molecule has 0 saturated heterocycles. The van der Waals surface area contributed by atoms with E-state index in [2.05, 4.69) is 5.32 Å². The number of carbonyl (C=O) groups is 2. The van der Waals surface area contributed by atoms with E-state index >= 15 is 0 Å². The fourth-order valence-electron chi connectivity index (χ4n) is 1.46. The molecular weight excluding hydrogens is 262 g/mol. The molecule has 1 N–H and O–H groups in total. The number of carbonyl (C=O) groups excluding carboxylic acids is 2. The summed E-state index contributed by atoms with van der Waals surface area (Å²) in [6.45, 7) is 2.19. The van der Waals surface area contributed by atoms with Crippen molar-refractivity contribution < 1.29 is 23.8 Å². The second-order valence-electron chi connectivity index (χ2n) is 4.03. The van der Waals surface area contributed by atoms with Crippen molar-refractivity contribution in [2.24, 2.45) is 0 Å². The lowest BCUT2D eigenvalue weighted by molar-refractivity contribution is -0.124. The Bertz CT molecular complexity index is 450. The van der Waals surface area contributed by atoms with Crippen LogP contribution in [0, 0.1) is 0 Å². The summed E-state index contributed by atoms with van der Waals surface area (Å²) in [5.41, 5.74) is 0.268. The molecule has 6 nitrogen and oxygen atoms in total. The van der Waals surface area contributed by atoms with Gasteiger partial charge in [0.1, 0.15) is 11.5 Å². The maximum Gasteiger partial charge on any atom is 0.338 e. The van der Waals surface area contributed by atoms with E-state index in [1.807, 2.05) is 6.92 Å². The highest BCUT2D eigenvalue weighted by Crippen LogP contribution is 2.22. The molecule has 0 aliphatic carbocycles. The van der Waals surface area contributed by atoms with Crippen LogP contribution in [0.1, 0.15) is 23.7 Å². The van der Waals surface area contributed by atoms with Crippen molar-refractivity contribution in [2.45, 2.75) is 13.3 Å². The number of ether oxygens (including phenoxy) is 3. The minimum Gasteiger partial charge on any atom is -0.497 e. The van der Waals surface area contributed by atoms with Gasteiger partial charge in [-0.1, -0.05) is 6.92 Å². The molecule has 0 saturated carbocycles. The first-order valence-electron chi connectivity index (χ1n) is 6.27. The van der Waals surface area contributed by atoms with Crippen LogP contribution in [0.25, 0.3) is 0 Å². The van der Waals surface area contributed by atoms with Crippen LogP contribution >= 0.6 is 0 Å². The molecule has 0 fully saturated rings. The van der Waals surface area contributed by atoms with Crippen molar-refractivity contribution >= 4 is 11.9 Å². The Kier molecular flexibility index (Phi) is 6.36. The van der Waals surface area contributed by atoms with Crippen molar-refractivity contribution in [1.82, 2.24) is 5.32 Å². The van der Waals surface area contributed by atoms with Gasteiger partial charge in [0.15, 0.2) is 6.61 Å². The third-order valence-corrected chi connectivity index (χ3v) is 2.49. The van der Waals surface area contributed by atoms with Gasteiger partial charge in [-0.25, -0.2) is 4.79 Å². The number of benzene rings is 1. The molecular formula is C14H19NO5. The second kappa shape index (κ2) is 8.04. The highest BCUT2D eigenvalue weighted by Gasteiger charge is 2.12. The van der Waals surface area contributed by atoms with Crippen LogP contribution in [0.2, 0.25) is 0 Å². The smallest absolute Gasteiger partial charge is 0.338 e. The Morgan fingerprint density at radius 1 is 1.10 bits per heavy atom. The van der Waals surface area contributed by atoms with E-state index in [9.17, 15) is 9.59 Å². The summed E-state index contributed by atoms with van der Waals surface area (Å²) < 4.78 is 15.0. The molecule has 0 aliphatic rings. The van der Waals surface area contributed by atoms with Gasteiger partial charge in [-0.15, -0.1) is 0 Å². The van der Waals surface area contributed by atoms with Gasteiger partial charge < -0.3 is 19.5 Å². The van der Waals surface area contributed by atoms with E-state index < -0.39 is 5.97 Å². The summed E-state index contributed by atoms with van der Waals surface area (Å²) in [5, 5.41) is 2.62. The highest BCUT2D eigenvalue weighted by molar-refractivity contribution is 5.92. The molecule has 0 atom stereocenters. The van der Waals surface area contributed by atoms with Crippen molar-refractivity contribution in [2.75, 3.05) is 27.4 Å². The van der Waals surface area contributed by atoms with Gasteiger partial charge >= 0.3 is 5.97 Å². The van der Waals surface area contributed by atoms with Crippen LogP contribution < -0.4 is 14.8 Å². The lowest BCUT2D eigenvalue weighted by atomic mass is 10.2. The number of hydrogen-bond donors (Lipinski definition) is 1. The summed E-state index contributed by atoms with van der Waals surface area (Å²) in [5.74, 6) is 0.0300. The van der Waals surface area contributed by atoms with Gasteiger partial charge in [-0.05, 0) is 18.6 Å². The maximum atomic E-state index is 11.8. The van der Waals surface area contributed by atoms with E-state index in [1.165, 1.54) is 26.4 Å². The van der Waals surface area contributed by atoms with Crippen LogP contribution in [-0.4, -0.2) is 39.2 Å². The molecule has 110 valence electrons.